The van der Waals surface area contributed by atoms with Crippen molar-refractivity contribution in [3.63, 3.8) is 0 Å². The summed E-state index contributed by atoms with van der Waals surface area (Å²) in [5, 5.41) is 3.10. The number of halogens is 1. The number of nitrogens with zero attached hydrogens (tertiary/aromatic N) is 2. The highest BCUT2D eigenvalue weighted by Gasteiger charge is 2.20. The summed E-state index contributed by atoms with van der Waals surface area (Å²) < 4.78 is 8.56. The Morgan fingerprint density at radius 3 is 2.63 bits per heavy atom. The van der Waals surface area contributed by atoms with Gasteiger partial charge in [-0.15, -0.1) is 0 Å². The molecule has 1 heterocycles. The van der Waals surface area contributed by atoms with Crippen LogP contribution in [0.3, 0.4) is 0 Å². The molecule has 0 aliphatic heterocycles. The van der Waals surface area contributed by atoms with Crippen LogP contribution in [0.25, 0.3) is 0 Å². The average Bonchev–Trinajstić information content (AvgIpc) is 3.11. The quantitative estimate of drug-likeness (QED) is 0.546. The fourth-order valence-electron chi connectivity index (χ4n) is 2.81. The molecule has 140 valence electrons. The molecule has 1 N–H and O–H groups in total. The van der Waals surface area contributed by atoms with Crippen molar-refractivity contribution in [2.75, 3.05) is 6.61 Å². The van der Waals surface area contributed by atoms with Crippen LogP contribution < -0.4 is 10.1 Å². The fraction of sp³-hybridized carbons (Fsp3) is 0.238. The molecule has 0 aliphatic rings. The van der Waals surface area contributed by atoms with Crippen molar-refractivity contribution in [3.8, 4) is 5.75 Å². The molecule has 0 bridgehead atoms. The van der Waals surface area contributed by atoms with E-state index in [1.807, 2.05) is 72.4 Å². The Labute approximate surface area is 167 Å². The number of hydrogen-bond acceptors (Lipinski definition) is 3. The zero-order valence-electron chi connectivity index (χ0n) is 15.1. The molecule has 0 fully saturated rings. The number of rotatable bonds is 8. The molecule has 1 aromatic heterocycles. The Balaban J connectivity index is 1.57. The predicted molar refractivity (Wildman–Crippen MR) is 109 cm³/mol. The third-order valence-corrected chi connectivity index (χ3v) is 4.85. The van der Waals surface area contributed by atoms with Gasteiger partial charge < -0.3 is 14.6 Å². The summed E-state index contributed by atoms with van der Waals surface area (Å²) in [5.41, 5.74) is 1.00. The van der Waals surface area contributed by atoms with Gasteiger partial charge >= 0.3 is 0 Å². The molecule has 27 heavy (non-hydrogen) atoms. The minimum absolute atomic E-state index is 0.0254. The van der Waals surface area contributed by atoms with Gasteiger partial charge in [0.1, 0.15) is 17.6 Å². The van der Waals surface area contributed by atoms with Crippen LogP contribution in [0.5, 0.6) is 5.75 Å². The highest BCUT2D eigenvalue weighted by atomic mass is 79.9. The first kappa shape index (κ1) is 19.2. The molecule has 1 amide bonds. The molecule has 1 unspecified atom stereocenters. The van der Waals surface area contributed by atoms with Gasteiger partial charge in [-0.1, -0.05) is 42.5 Å². The molecule has 0 saturated heterocycles. The van der Waals surface area contributed by atoms with Crippen molar-refractivity contribution in [1.82, 2.24) is 14.9 Å². The predicted octanol–water partition coefficient (Wildman–Crippen LogP) is 4.25. The first-order valence-electron chi connectivity index (χ1n) is 8.84. The van der Waals surface area contributed by atoms with E-state index < -0.39 is 0 Å². The lowest BCUT2D eigenvalue weighted by Gasteiger charge is -2.19. The SMILES string of the molecule is Cn1ccnc1C(NC(=O)CCCOc1ccccc1Br)c1ccccc1. The van der Waals surface area contributed by atoms with Crippen LogP contribution in [0.4, 0.5) is 0 Å². The molecule has 0 saturated carbocycles. The molecular weight excluding hydrogens is 406 g/mol. The van der Waals surface area contributed by atoms with E-state index in [9.17, 15) is 4.79 Å². The molecule has 3 rings (SSSR count). The van der Waals surface area contributed by atoms with Crippen LogP contribution in [-0.2, 0) is 11.8 Å². The van der Waals surface area contributed by atoms with Gasteiger partial charge in [-0.05, 0) is 40.0 Å². The monoisotopic (exact) mass is 427 g/mol. The number of benzene rings is 2. The van der Waals surface area contributed by atoms with E-state index in [1.54, 1.807) is 6.20 Å². The third kappa shape index (κ3) is 5.20. The van der Waals surface area contributed by atoms with Gasteiger partial charge in [0.05, 0.1) is 11.1 Å². The van der Waals surface area contributed by atoms with E-state index in [-0.39, 0.29) is 11.9 Å². The van der Waals surface area contributed by atoms with E-state index in [2.05, 4.69) is 26.2 Å². The minimum atomic E-state index is -0.275. The van der Waals surface area contributed by atoms with Gasteiger partial charge in [0, 0.05) is 25.9 Å². The molecule has 3 aromatic rings. The summed E-state index contributed by atoms with van der Waals surface area (Å²) in [6.45, 7) is 0.481. The van der Waals surface area contributed by atoms with Gasteiger partial charge in [-0.3, -0.25) is 4.79 Å². The summed E-state index contributed by atoms with van der Waals surface area (Å²) in [5.74, 6) is 1.56. The van der Waals surface area contributed by atoms with E-state index in [4.69, 9.17) is 4.74 Å². The second-order valence-electron chi connectivity index (χ2n) is 6.19. The molecule has 6 heteroatoms. The molecule has 0 radical (unpaired) electrons. The Bertz CT molecular complexity index is 880. The van der Waals surface area contributed by atoms with Crippen molar-refractivity contribution in [2.24, 2.45) is 7.05 Å². The number of imidazole rings is 1. The van der Waals surface area contributed by atoms with Crippen LogP contribution in [0.2, 0.25) is 0 Å². The Morgan fingerprint density at radius 2 is 1.93 bits per heavy atom. The zero-order chi connectivity index (χ0) is 19.1. The van der Waals surface area contributed by atoms with Gasteiger partial charge in [0.15, 0.2) is 0 Å². The number of carbonyl (C=O) groups excluding carboxylic acids is 1. The van der Waals surface area contributed by atoms with Crippen LogP contribution in [-0.4, -0.2) is 22.1 Å². The van der Waals surface area contributed by atoms with Crippen LogP contribution >= 0.6 is 15.9 Å². The number of amides is 1. The Kier molecular flexibility index (Phi) is 6.65. The van der Waals surface area contributed by atoms with Crippen molar-refractivity contribution in [1.29, 1.82) is 0 Å². The maximum atomic E-state index is 12.5. The first-order valence-corrected chi connectivity index (χ1v) is 9.63. The molecular formula is C21H22BrN3O2. The Hall–Kier alpha value is -2.60. The molecule has 0 aliphatic carbocycles. The molecule has 5 nitrogen and oxygen atoms in total. The number of carbonyl (C=O) groups is 1. The smallest absolute Gasteiger partial charge is 0.220 e. The van der Waals surface area contributed by atoms with E-state index >= 15 is 0 Å². The number of aryl methyl sites for hydroxylation is 1. The molecule has 1 atom stereocenters. The lowest BCUT2D eigenvalue weighted by molar-refractivity contribution is -0.121. The molecule has 2 aromatic carbocycles. The number of nitrogens with one attached hydrogen (secondary N) is 1. The second kappa shape index (κ2) is 9.37. The van der Waals surface area contributed by atoms with Gasteiger partial charge in [-0.2, -0.15) is 0 Å². The van der Waals surface area contributed by atoms with E-state index in [0.717, 1.165) is 21.6 Å². The number of hydrogen-bond donors (Lipinski definition) is 1. The lowest BCUT2D eigenvalue weighted by Crippen LogP contribution is -2.31. The van der Waals surface area contributed by atoms with Crippen molar-refractivity contribution >= 4 is 21.8 Å². The van der Waals surface area contributed by atoms with Crippen LogP contribution in [0.15, 0.2) is 71.5 Å². The normalized spacial score (nSPS) is 11.8. The van der Waals surface area contributed by atoms with Crippen LogP contribution in [0, 0.1) is 0 Å². The average molecular weight is 428 g/mol. The lowest BCUT2D eigenvalue weighted by atomic mass is 10.1. The van der Waals surface area contributed by atoms with E-state index in [1.165, 1.54) is 0 Å². The van der Waals surface area contributed by atoms with Gasteiger partial charge in [-0.25, -0.2) is 4.98 Å². The van der Waals surface area contributed by atoms with Crippen molar-refractivity contribution in [3.05, 3.63) is 82.9 Å². The summed E-state index contributed by atoms with van der Waals surface area (Å²) in [6, 6.07) is 17.3. The molecule has 0 spiro atoms. The van der Waals surface area contributed by atoms with Gasteiger partial charge in [0.2, 0.25) is 5.91 Å². The summed E-state index contributed by atoms with van der Waals surface area (Å²) in [6.07, 6.45) is 4.64. The largest absolute Gasteiger partial charge is 0.492 e. The second-order valence-corrected chi connectivity index (χ2v) is 7.04. The number of para-hydroxylation sites is 1. The minimum Gasteiger partial charge on any atom is -0.492 e. The zero-order valence-corrected chi connectivity index (χ0v) is 16.7. The Morgan fingerprint density at radius 1 is 1.19 bits per heavy atom. The van der Waals surface area contributed by atoms with Gasteiger partial charge in [0.25, 0.3) is 0 Å². The van der Waals surface area contributed by atoms with Crippen LogP contribution in [0.1, 0.15) is 30.3 Å². The number of ether oxygens (including phenoxy) is 1. The summed E-state index contributed by atoms with van der Waals surface area (Å²) in [7, 11) is 1.93. The summed E-state index contributed by atoms with van der Waals surface area (Å²) >= 11 is 3.45. The standard InChI is InChI=1S/C21H22BrN3O2/c1-25-14-13-23-21(25)20(16-8-3-2-4-9-16)24-19(26)12-7-15-27-18-11-6-5-10-17(18)22/h2-6,8-11,13-14,20H,7,12,15H2,1H3,(H,24,26). The van der Waals surface area contributed by atoms with Crippen molar-refractivity contribution < 1.29 is 9.53 Å². The summed E-state index contributed by atoms with van der Waals surface area (Å²) in [4.78, 5) is 16.9. The highest BCUT2D eigenvalue weighted by Crippen LogP contribution is 2.24. The first-order chi connectivity index (χ1) is 13.1. The maximum absolute atomic E-state index is 12.5. The highest BCUT2D eigenvalue weighted by molar-refractivity contribution is 9.10. The third-order valence-electron chi connectivity index (χ3n) is 4.20. The van der Waals surface area contributed by atoms with E-state index in [0.29, 0.717) is 19.4 Å². The topological polar surface area (TPSA) is 56.2 Å². The number of aromatic nitrogens is 2. The van der Waals surface area contributed by atoms with Crippen molar-refractivity contribution in [2.45, 2.75) is 18.9 Å². The fourth-order valence-corrected chi connectivity index (χ4v) is 3.21. The maximum Gasteiger partial charge on any atom is 0.220 e.